The van der Waals surface area contributed by atoms with Gasteiger partial charge in [0.1, 0.15) is 0 Å². The van der Waals surface area contributed by atoms with Gasteiger partial charge in [0, 0.05) is 6.92 Å². The number of halogens is 1. The van der Waals surface area contributed by atoms with Crippen LogP contribution in [0.15, 0.2) is 34.2 Å². The van der Waals surface area contributed by atoms with E-state index in [2.05, 4.69) is 26.2 Å². The van der Waals surface area contributed by atoms with E-state index in [-0.39, 0.29) is 5.91 Å². The fraction of sp³-hybridized carbons (Fsp3) is 0.0909. The molecule has 2 aromatic rings. The molecule has 16 heavy (non-hydrogen) atoms. The van der Waals surface area contributed by atoms with E-state index in [0.717, 1.165) is 14.4 Å². The minimum absolute atomic E-state index is 0.116. The molecule has 0 saturated heterocycles. The molecule has 1 aromatic heterocycles. The summed E-state index contributed by atoms with van der Waals surface area (Å²) in [6.07, 6.45) is 0. The number of amides is 1. The Bertz CT molecular complexity index is 510. The molecular formula is C11H9BrN2OS. The third-order valence-electron chi connectivity index (χ3n) is 1.93. The van der Waals surface area contributed by atoms with E-state index < -0.39 is 0 Å². The van der Waals surface area contributed by atoms with Crippen LogP contribution in [-0.4, -0.2) is 10.9 Å². The van der Waals surface area contributed by atoms with Crippen molar-refractivity contribution in [2.45, 2.75) is 6.92 Å². The van der Waals surface area contributed by atoms with Crippen LogP contribution in [0.5, 0.6) is 0 Å². The predicted molar refractivity (Wildman–Crippen MR) is 69.6 cm³/mol. The van der Waals surface area contributed by atoms with E-state index in [4.69, 9.17) is 0 Å². The first kappa shape index (κ1) is 11.3. The second kappa shape index (κ2) is 4.76. The van der Waals surface area contributed by atoms with Crippen LogP contribution in [-0.2, 0) is 4.79 Å². The van der Waals surface area contributed by atoms with Gasteiger partial charge in [0.05, 0.1) is 4.88 Å². The number of nitrogens with zero attached hydrogens (tertiary/aromatic N) is 1. The normalized spacial score (nSPS) is 10.1. The van der Waals surface area contributed by atoms with Crippen LogP contribution in [0.3, 0.4) is 0 Å². The van der Waals surface area contributed by atoms with E-state index in [1.165, 1.54) is 18.3 Å². The number of hydrogen-bond donors (Lipinski definition) is 1. The number of thiazole rings is 1. The molecule has 82 valence electrons. The van der Waals surface area contributed by atoms with E-state index in [1.54, 1.807) is 0 Å². The maximum Gasteiger partial charge on any atom is 0.222 e. The molecule has 5 heteroatoms. The number of anilines is 1. The molecule has 0 unspecified atom stereocenters. The van der Waals surface area contributed by atoms with E-state index in [1.807, 2.05) is 30.3 Å². The van der Waals surface area contributed by atoms with Gasteiger partial charge >= 0.3 is 0 Å². The number of aromatic nitrogens is 1. The van der Waals surface area contributed by atoms with E-state index in [9.17, 15) is 4.79 Å². The van der Waals surface area contributed by atoms with Gasteiger partial charge in [-0.3, -0.25) is 4.79 Å². The van der Waals surface area contributed by atoms with Gasteiger partial charge in [-0.2, -0.15) is 0 Å². The van der Waals surface area contributed by atoms with Crippen LogP contribution >= 0.6 is 27.3 Å². The molecule has 1 heterocycles. The highest BCUT2D eigenvalue weighted by Gasteiger charge is 2.12. The second-order valence-corrected chi connectivity index (χ2v) is 5.47. The SMILES string of the molecule is CC(=O)Nc1nc(Br)sc1-c1ccccc1. The van der Waals surface area contributed by atoms with Crippen LogP contribution in [0.25, 0.3) is 10.4 Å². The topological polar surface area (TPSA) is 42.0 Å². The average Bonchev–Trinajstić information content (AvgIpc) is 2.60. The monoisotopic (exact) mass is 296 g/mol. The third-order valence-corrected chi connectivity index (χ3v) is 3.49. The zero-order chi connectivity index (χ0) is 11.5. The smallest absolute Gasteiger partial charge is 0.222 e. The van der Waals surface area contributed by atoms with Crippen molar-refractivity contribution < 1.29 is 4.79 Å². The molecule has 1 amide bonds. The molecule has 0 bridgehead atoms. The fourth-order valence-electron chi connectivity index (χ4n) is 1.33. The van der Waals surface area contributed by atoms with Crippen molar-refractivity contribution in [3.8, 4) is 10.4 Å². The van der Waals surface area contributed by atoms with Crippen LogP contribution < -0.4 is 5.32 Å². The standard InChI is InChI=1S/C11H9BrN2OS/c1-7(15)13-10-9(16-11(12)14-10)8-5-3-2-4-6-8/h2-6H,1H3,(H,13,15). The van der Waals surface area contributed by atoms with Gasteiger partial charge in [0.2, 0.25) is 5.91 Å². The molecule has 0 aliphatic carbocycles. The highest BCUT2D eigenvalue weighted by molar-refractivity contribution is 9.11. The van der Waals surface area contributed by atoms with Gasteiger partial charge in [-0.1, -0.05) is 30.3 Å². The average molecular weight is 297 g/mol. The zero-order valence-corrected chi connectivity index (χ0v) is 10.9. The van der Waals surface area contributed by atoms with E-state index >= 15 is 0 Å². The summed E-state index contributed by atoms with van der Waals surface area (Å²) in [4.78, 5) is 16.2. The number of rotatable bonds is 2. The third kappa shape index (κ3) is 2.48. The summed E-state index contributed by atoms with van der Waals surface area (Å²) in [7, 11) is 0. The predicted octanol–water partition coefficient (Wildman–Crippen LogP) is 3.53. The maximum absolute atomic E-state index is 11.0. The molecule has 0 radical (unpaired) electrons. The Morgan fingerprint density at radius 1 is 1.38 bits per heavy atom. The first-order chi connectivity index (χ1) is 7.66. The minimum atomic E-state index is -0.116. The van der Waals surface area contributed by atoms with Gasteiger partial charge in [0.15, 0.2) is 9.73 Å². The molecule has 1 N–H and O–H groups in total. The van der Waals surface area contributed by atoms with Crippen molar-refractivity contribution in [3.63, 3.8) is 0 Å². The molecule has 1 aromatic carbocycles. The van der Waals surface area contributed by atoms with Gasteiger partial charge in [0.25, 0.3) is 0 Å². The minimum Gasteiger partial charge on any atom is -0.310 e. The highest BCUT2D eigenvalue weighted by Crippen LogP contribution is 2.36. The zero-order valence-electron chi connectivity index (χ0n) is 8.53. The lowest BCUT2D eigenvalue weighted by Crippen LogP contribution is -2.06. The Balaban J connectivity index is 2.44. The quantitative estimate of drug-likeness (QED) is 0.921. The number of carbonyl (C=O) groups excluding carboxylic acids is 1. The van der Waals surface area contributed by atoms with Crippen LogP contribution in [0.1, 0.15) is 6.92 Å². The van der Waals surface area contributed by atoms with Crippen molar-refractivity contribution in [1.82, 2.24) is 4.98 Å². The summed E-state index contributed by atoms with van der Waals surface area (Å²) >= 11 is 4.83. The number of benzene rings is 1. The molecule has 0 fully saturated rings. The van der Waals surface area contributed by atoms with Crippen molar-refractivity contribution >= 4 is 39.0 Å². The van der Waals surface area contributed by atoms with Gasteiger partial charge in [-0.05, 0) is 21.5 Å². The second-order valence-electron chi connectivity index (χ2n) is 3.19. The summed E-state index contributed by atoms with van der Waals surface area (Å²) < 4.78 is 0.759. The first-order valence-corrected chi connectivity index (χ1v) is 6.27. The van der Waals surface area contributed by atoms with Crippen molar-refractivity contribution in [2.24, 2.45) is 0 Å². The lowest BCUT2D eigenvalue weighted by Gasteiger charge is -2.01. The molecule has 0 atom stereocenters. The van der Waals surface area contributed by atoms with Crippen LogP contribution in [0, 0.1) is 0 Å². The Morgan fingerprint density at radius 2 is 2.06 bits per heavy atom. The Kier molecular flexibility index (Phi) is 3.36. The lowest BCUT2D eigenvalue weighted by molar-refractivity contribution is -0.114. The largest absolute Gasteiger partial charge is 0.310 e. The van der Waals surface area contributed by atoms with Crippen molar-refractivity contribution in [1.29, 1.82) is 0 Å². The van der Waals surface area contributed by atoms with E-state index in [0.29, 0.717) is 5.82 Å². The lowest BCUT2D eigenvalue weighted by atomic mass is 10.2. The summed E-state index contributed by atoms with van der Waals surface area (Å²) in [5, 5.41) is 2.72. The molecule has 0 aliphatic heterocycles. The molecule has 0 saturated carbocycles. The van der Waals surface area contributed by atoms with Gasteiger partial charge in [-0.15, -0.1) is 11.3 Å². The number of carbonyl (C=O) groups is 1. The maximum atomic E-state index is 11.0. The molecule has 2 rings (SSSR count). The van der Waals surface area contributed by atoms with Crippen molar-refractivity contribution in [2.75, 3.05) is 5.32 Å². The first-order valence-electron chi connectivity index (χ1n) is 4.66. The summed E-state index contributed by atoms with van der Waals surface area (Å²) in [6.45, 7) is 1.47. The van der Waals surface area contributed by atoms with Gasteiger partial charge < -0.3 is 5.32 Å². The molecule has 3 nitrogen and oxygen atoms in total. The Morgan fingerprint density at radius 3 is 2.69 bits per heavy atom. The Labute approximate surface area is 106 Å². The number of nitrogens with one attached hydrogen (secondary N) is 1. The van der Waals surface area contributed by atoms with Crippen LogP contribution in [0.2, 0.25) is 0 Å². The fourth-order valence-corrected chi connectivity index (χ4v) is 2.75. The number of hydrogen-bond acceptors (Lipinski definition) is 3. The molecular weight excluding hydrogens is 288 g/mol. The van der Waals surface area contributed by atoms with Crippen molar-refractivity contribution in [3.05, 3.63) is 34.2 Å². The molecule has 0 spiro atoms. The summed E-state index contributed by atoms with van der Waals surface area (Å²) in [6, 6.07) is 9.86. The summed E-state index contributed by atoms with van der Waals surface area (Å²) in [5.41, 5.74) is 1.05. The molecule has 0 aliphatic rings. The highest BCUT2D eigenvalue weighted by atomic mass is 79.9. The summed E-state index contributed by atoms with van der Waals surface area (Å²) in [5.74, 6) is 0.491. The Hall–Kier alpha value is -1.20. The van der Waals surface area contributed by atoms with Gasteiger partial charge in [-0.25, -0.2) is 4.98 Å². The van der Waals surface area contributed by atoms with Crippen LogP contribution in [0.4, 0.5) is 5.82 Å².